The molecule has 0 aliphatic carbocycles. The Kier molecular flexibility index (Phi) is 4.08. The fourth-order valence-corrected chi connectivity index (χ4v) is 2.52. The molecule has 2 heterocycles. The van der Waals surface area contributed by atoms with E-state index in [1.165, 1.54) is 4.90 Å². The van der Waals surface area contributed by atoms with Crippen LogP contribution in [0, 0.1) is 0 Å². The third-order valence-corrected chi connectivity index (χ3v) is 3.77. The van der Waals surface area contributed by atoms with Gasteiger partial charge in [-0.3, -0.25) is 14.5 Å². The molecule has 0 radical (unpaired) electrons. The van der Waals surface area contributed by atoms with Crippen molar-refractivity contribution in [3.63, 3.8) is 0 Å². The van der Waals surface area contributed by atoms with Gasteiger partial charge in [0.25, 0.3) is 5.24 Å². The monoisotopic (exact) mass is 285 g/mol. The number of thioether (sulfide) groups is 1. The van der Waals surface area contributed by atoms with Crippen molar-refractivity contribution >= 4 is 40.3 Å². The smallest absolute Gasteiger partial charge is 0.288 e. The fraction of sp³-hybridized carbons (Fsp3) is 0.364. The van der Waals surface area contributed by atoms with Gasteiger partial charge in [0.2, 0.25) is 5.91 Å². The number of imide groups is 1. The minimum Gasteiger partial charge on any atom is -0.373 e. The van der Waals surface area contributed by atoms with E-state index in [9.17, 15) is 9.59 Å². The average Bonchev–Trinajstić information content (AvgIpc) is 2.36. The molecule has 7 heteroatoms. The number of amides is 2. The second-order valence-electron chi connectivity index (χ2n) is 3.72. The van der Waals surface area contributed by atoms with E-state index in [-0.39, 0.29) is 17.7 Å². The predicted octanol–water partition coefficient (Wildman–Crippen LogP) is 2.36. The van der Waals surface area contributed by atoms with Gasteiger partial charge >= 0.3 is 0 Å². The Labute approximate surface area is 114 Å². The van der Waals surface area contributed by atoms with E-state index in [1.807, 2.05) is 0 Å². The molecule has 1 aliphatic heterocycles. The van der Waals surface area contributed by atoms with Gasteiger partial charge in [0.05, 0.1) is 17.3 Å². The molecular weight excluding hydrogens is 274 g/mol. The molecule has 0 spiro atoms. The van der Waals surface area contributed by atoms with Crippen molar-refractivity contribution < 1.29 is 9.59 Å². The number of rotatable bonds is 3. The lowest BCUT2D eigenvalue weighted by molar-refractivity contribution is -0.128. The van der Waals surface area contributed by atoms with Crippen LogP contribution in [0.2, 0.25) is 5.02 Å². The van der Waals surface area contributed by atoms with E-state index in [0.717, 1.165) is 11.8 Å². The van der Waals surface area contributed by atoms with Gasteiger partial charge in [-0.1, -0.05) is 23.4 Å². The molecule has 1 aliphatic rings. The van der Waals surface area contributed by atoms with Crippen LogP contribution in [0.1, 0.15) is 12.1 Å². The Morgan fingerprint density at radius 1 is 1.50 bits per heavy atom. The topological polar surface area (TPSA) is 62.3 Å². The molecule has 0 unspecified atom stereocenters. The molecule has 0 saturated carbocycles. The summed E-state index contributed by atoms with van der Waals surface area (Å²) in [4.78, 5) is 28.8. The van der Waals surface area contributed by atoms with Crippen LogP contribution in [-0.4, -0.2) is 33.8 Å². The van der Waals surface area contributed by atoms with Gasteiger partial charge in [0, 0.05) is 19.2 Å². The highest BCUT2D eigenvalue weighted by Crippen LogP contribution is 2.23. The van der Waals surface area contributed by atoms with Crippen LogP contribution >= 0.6 is 23.4 Å². The van der Waals surface area contributed by atoms with Gasteiger partial charge < -0.3 is 5.32 Å². The summed E-state index contributed by atoms with van der Waals surface area (Å²) in [7, 11) is 1.74. The van der Waals surface area contributed by atoms with Crippen molar-refractivity contribution in [2.24, 2.45) is 0 Å². The number of aromatic nitrogens is 1. The third kappa shape index (κ3) is 2.76. The van der Waals surface area contributed by atoms with E-state index >= 15 is 0 Å². The molecule has 2 rings (SSSR count). The molecule has 18 heavy (non-hydrogen) atoms. The number of carbonyl (C=O) groups is 2. The Morgan fingerprint density at radius 2 is 2.28 bits per heavy atom. The van der Waals surface area contributed by atoms with Crippen LogP contribution in [0.4, 0.5) is 10.6 Å². The van der Waals surface area contributed by atoms with Crippen LogP contribution < -0.4 is 5.32 Å². The van der Waals surface area contributed by atoms with Crippen LogP contribution in [0.25, 0.3) is 0 Å². The van der Waals surface area contributed by atoms with Gasteiger partial charge in [-0.25, -0.2) is 4.98 Å². The quantitative estimate of drug-likeness (QED) is 0.924. The van der Waals surface area contributed by atoms with Crippen LogP contribution in [-0.2, 0) is 11.3 Å². The lowest BCUT2D eigenvalue weighted by Gasteiger charge is -2.24. The van der Waals surface area contributed by atoms with E-state index in [0.29, 0.717) is 28.7 Å². The molecule has 0 aromatic carbocycles. The van der Waals surface area contributed by atoms with Crippen LogP contribution in [0.15, 0.2) is 12.1 Å². The van der Waals surface area contributed by atoms with E-state index in [1.54, 1.807) is 19.2 Å². The summed E-state index contributed by atoms with van der Waals surface area (Å²) in [6.07, 6.45) is 0.375. The van der Waals surface area contributed by atoms with Crippen LogP contribution in [0.5, 0.6) is 0 Å². The first-order chi connectivity index (χ1) is 8.61. The highest BCUT2D eigenvalue weighted by Gasteiger charge is 2.27. The molecule has 1 saturated heterocycles. The Bertz CT molecular complexity index is 479. The largest absolute Gasteiger partial charge is 0.373 e. The third-order valence-electron chi connectivity index (χ3n) is 2.55. The maximum Gasteiger partial charge on any atom is 0.288 e. The number of hydrogen-bond acceptors (Lipinski definition) is 5. The molecule has 1 N–H and O–H groups in total. The first kappa shape index (κ1) is 13.2. The number of nitrogens with zero attached hydrogens (tertiary/aromatic N) is 2. The summed E-state index contributed by atoms with van der Waals surface area (Å²) in [6, 6.07) is 3.43. The standard InChI is InChI=1S/C11H12ClN3O2S/c1-13-9-3-2-7(12)8(14-9)6-15-10(16)4-5-18-11(15)17/h2-3H,4-6H2,1H3,(H,13,14). The summed E-state index contributed by atoms with van der Waals surface area (Å²) in [5, 5.41) is 3.10. The number of nitrogens with one attached hydrogen (secondary N) is 1. The number of carbonyl (C=O) groups excluding carboxylic acids is 2. The Balaban J connectivity index is 2.22. The zero-order valence-electron chi connectivity index (χ0n) is 9.77. The zero-order valence-corrected chi connectivity index (χ0v) is 11.3. The van der Waals surface area contributed by atoms with E-state index < -0.39 is 0 Å². The molecule has 1 aromatic heterocycles. The van der Waals surface area contributed by atoms with Crippen molar-refractivity contribution in [3.8, 4) is 0 Å². The minimum atomic E-state index is -0.237. The van der Waals surface area contributed by atoms with E-state index in [2.05, 4.69) is 10.3 Å². The normalized spacial score (nSPS) is 16.0. The highest BCUT2D eigenvalue weighted by molar-refractivity contribution is 8.13. The number of hydrogen-bond donors (Lipinski definition) is 1. The highest BCUT2D eigenvalue weighted by atomic mass is 35.5. The maximum absolute atomic E-state index is 11.7. The molecule has 5 nitrogen and oxygen atoms in total. The molecule has 2 amide bonds. The van der Waals surface area contributed by atoms with Crippen LogP contribution in [0.3, 0.4) is 0 Å². The summed E-state index contributed by atoms with van der Waals surface area (Å²) in [5.74, 6) is 1.02. The zero-order chi connectivity index (χ0) is 13.1. The van der Waals surface area contributed by atoms with E-state index in [4.69, 9.17) is 11.6 Å². The SMILES string of the molecule is CNc1ccc(Cl)c(CN2C(=O)CCSC2=O)n1. The summed E-state index contributed by atoms with van der Waals surface area (Å²) >= 11 is 7.17. The fourth-order valence-electron chi connectivity index (χ4n) is 1.58. The first-order valence-corrected chi connectivity index (χ1v) is 6.78. The van der Waals surface area contributed by atoms with Gasteiger partial charge in [-0.05, 0) is 12.1 Å². The van der Waals surface area contributed by atoms with Crippen molar-refractivity contribution in [1.29, 1.82) is 0 Å². The lowest BCUT2D eigenvalue weighted by atomic mass is 10.3. The number of anilines is 1. The molecule has 1 fully saturated rings. The van der Waals surface area contributed by atoms with Gasteiger partial charge in [-0.2, -0.15) is 0 Å². The van der Waals surface area contributed by atoms with Crippen molar-refractivity contribution in [2.45, 2.75) is 13.0 Å². The summed E-state index contributed by atoms with van der Waals surface area (Å²) < 4.78 is 0. The first-order valence-electron chi connectivity index (χ1n) is 5.42. The molecular formula is C11H12ClN3O2S. The maximum atomic E-state index is 11.7. The Hall–Kier alpha value is -1.27. The summed E-state index contributed by atoms with van der Waals surface area (Å²) in [5.41, 5.74) is 0.521. The van der Waals surface area contributed by atoms with Gasteiger partial charge in [0.15, 0.2) is 0 Å². The van der Waals surface area contributed by atoms with Gasteiger partial charge in [-0.15, -0.1) is 0 Å². The number of halogens is 1. The second-order valence-corrected chi connectivity index (χ2v) is 5.17. The second kappa shape index (κ2) is 5.58. The Morgan fingerprint density at radius 3 is 2.94 bits per heavy atom. The van der Waals surface area contributed by atoms with Gasteiger partial charge in [0.1, 0.15) is 5.82 Å². The predicted molar refractivity (Wildman–Crippen MR) is 71.8 cm³/mol. The average molecular weight is 286 g/mol. The number of pyridine rings is 1. The molecule has 0 bridgehead atoms. The lowest BCUT2D eigenvalue weighted by Crippen LogP contribution is -2.37. The van der Waals surface area contributed by atoms with Crippen molar-refractivity contribution in [1.82, 2.24) is 9.88 Å². The molecule has 96 valence electrons. The summed E-state index contributed by atoms with van der Waals surface area (Å²) in [6.45, 7) is 0.124. The molecule has 0 atom stereocenters. The minimum absolute atomic E-state index is 0.124. The molecule has 1 aromatic rings. The van der Waals surface area contributed by atoms with Crippen molar-refractivity contribution in [2.75, 3.05) is 18.1 Å². The van der Waals surface area contributed by atoms with Crippen molar-refractivity contribution in [3.05, 3.63) is 22.8 Å².